The van der Waals surface area contributed by atoms with Crippen molar-refractivity contribution in [1.82, 2.24) is 4.90 Å². The predicted molar refractivity (Wildman–Crippen MR) is 89.1 cm³/mol. The number of piperidine rings is 1. The summed E-state index contributed by atoms with van der Waals surface area (Å²) in [6.45, 7) is 3.64. The fraction of sp³-hybridized carbons (Fsp3) is 0.722. The van der Waals surface area contributed by atoms with E-state index in [0.29, 0.717) is 25.9 Å². The first-order valence-corrected chi connectivity index (χ1v) is 8.45. The molecule has 1 saturated heterocycles. The zero-order valence-electron chi connectivity index (χ0n) is 14.4. The number of unbranched alkanes of at least 4 members (excludes halogenated alkanes) is 2. The Morgan fingerprint density at radius 2 is 1.83 bits per heavy atom. The largest absolute Gasteiger partial charge is 0.481 e. The molecule has 1 aliphatic rings. The minimum atomic E-state index is -1.01. The van der Waals surface area contributed by atoms with E-state index in [-0.39, 0.29) is 30.8 Å². The summed E-state index contributed by atoms with van der Waals surface area (Å²) < 4.78 is 5.20. The molecular formula is C18H27NO5. The van der Waals surface area contributed by atoms with E-state index >= 15 is 0 Å². The van der Waals surface area contributed by atoms with E-state index in [1.165, 1.54) is 0 Å². The van der Waals surface area contributed by atoms with Crippen molar-refractivity contribution >= 4 is 17.8 Å². The van der Waals surface area contributed by atoms with Crippen LogP contribution in [0, 0.1) is 17.8 Å². The van der Waals surface area contributed by atoms with E-state index in [1.807, 2.05) is 11.8 Å². The van der Waals surface area contributed by atoms with E-state index in [2.05, 4.69) is 5.92 Å². The zero-order valence-corrected chi connectivity index (χ0v) is 14.4. The smallest absolute Gasteiger partial charge is 0.306 e. The maximum absolute atomic E-state index is 12.1. The molecule has 6 heteroatoms. The first-order valence-electron chi connectivity index (χ1n) is 8.45. The lowest BCUT2D eigenvalue weighted by Gasteiger charge is -2.39. The van der Waals surface area contributed by atoms with Crippen molar-refractivity contribution in [2.75, 3.05) is 19.7 Å². The van der Waals surface area contributed by atoms with Gasteiger partial charge < -0.3 is 14.7 Å². The highest BCUT2D eigenvalue weighted by Crippen LogP contribution is 2.31. The summed E-state index contributed by atoms with van der Waals surface area (Å²) >= 11 is 0. The molecule has 24 heavy (non-hydrogen) atoms. The monoisotopic (exact) mass is 337 g/mol. The van der Waals surface area contributed by atoms with Gasteiger partial charge in [0, 0.05) is 31.3 Å². The molecule has 1 fully saturated rings. The van der Waals surface area contributed by atoms with Crippen molar-refractivity contribution in [2.45, 2.75) is 58.3 Å². The summed E-state index contributed by atoms with van der Waals surface area (Å²) in [6, 6.07) is 0. The molecule has 0 aromatic rings. The fourth-order valence-corrected chi connectivity index (χ4v) is 2.64. The first-order chi connectivity index (χ1) is 11.4. The molecule has 0 bridgehead atoms. The molecule has 1 amide bonds. The van der Waals surface area contributed by atoms with Crippen molar-refractivity contribution in [2.24, 2.45) is 5.41 Å². The number of terminal acetylenes is 1. The van der Waals surface area contributed by atoms with Crippen LogP contribution in [-0.4, -0.2) is 47.5 Å². The molecule has 134 valence electrons. The fourth-order valence-electron chi connectivity index (χ4n) is 2.64. The number of esters is 1. The molecule has 1 N–H and O–H groups in total. The van der Waals surface area contributed by atoms with Crippen molar-refractivity contribution in [3.8, 4) is 12.3 Å². The van der Waals surface area contributed by atoms with Gasteiger partial charge in [-0.1, -0.05) is 6.92 Å². The summed E-state index contributed by atoms with van der Waals surface area (Å²) in [5.41, 5.74) is -0.154. The summed E-state index contributed by atoms with van der Waals surface area (Å²) in [6.07, 6.45) is 9.35. The van der Waals surface area contributed by atoms with Gasteiger partial charge in [0.1, 0.15) is 0 Å². The second-order valence-corrected chi connectivity index (χ2v) is 6.66. The molecular weight excluding hydrogens is 310 g/mol. The van der Waals surface area contributed by atoms with Crippen LogP contribution in [0.25, 0.3) is 0 Å². The van der Waals surface area contributed by atoms with Crippen LogP contribution in [0.4, 0.5) is 0 Å². The minimum Gasteiger partial charge on any atom is -0.481 e. The molecule has 1 rings (SSSR count). The number of likely N-dealkylation sites (tertiary alicyclic amines) is 1. The lowest BCUT2D eigenvalue weighted by atomic mass is 9.81. The Bertz CT molecular complexity index is 486. The lowest BCUT2D eigenvalue weighted by molar-refractivity contribution is -0.151. The maximum atomic E-state index is 12.1. The Labute approximate surface area is 143 Å². The SMILES string of the molecule is C#CCCCCC(=O)N1CCC(C)(COC(=O)CCC(=O)O)CC1. The maximum Gasteiger partial charge on any atom is 0.306 e. The van der Waals surface area contributed by atoms with Gasteiger partial charge in [0.05, 0.1) is 19.4 Å². The lowest BCUT2D eigenvalue weighted by Crippen LogP contribution is -2.44. The topological polar surface area (TPSA) is 83.9 Å². The second kappa shape index (κ2) is 9.96. The van der Waals surface area contributed by atoms with Crippen LogP contribution in [0.1, 0.15) is 58.3 Å². The Hall–Kier alpha value is -2.03. The Balaban J connectivity index is 2.27. The number of carboxylic acid groups (broad SMARTS) is 1. The van der Waals surface area contributed by atoms with Crippen LogP contribution in [0.15, 0.2) is 0 Å². The van der Waals surface area contributed by atoms with Gasteiger partial charge in [0.2, 0.25) is 5.91 Å². The number of carbonyl (C=O) groups excluding carboxylic acids is 2. The summed E-state index contributed by atoms with van der Waals surface area (Å²) in [5, 5.41) is 8.55. The third-order valence-electron chi connectivity index (χ3n) is 4.41. The highest BCUT2D eigenvalue weighted by molar-refractivity contribution is 5.77. The van der Waals surface area contributed by atoms with Crippen LogP contribution >= 0.6 is 0 Å². The van der Waals surface area contributed by atoms with Gasteiger partial charge >= 0.3 is 11.9 Å². The van der Waals surface area contributed by atoms with Crippen molar-refractivity contribution in [3.63, 3.8) is 0 Å². The number of rotatable bonds is 9. The van der Waals surface area contributed by atoms with Crippen molar-refractivity contribution < 1.29 is 24.2 Å². The van der Waals surface area contributed by atoms with Crippen LogP contribution in [0.2, 0.25) is 0 Å². The van der Waals surface area contributed by atoms with Crippen LogP contribution < -0.4 is 0 Å². The van der Waals surface area contributed by atoms with E-state index in [0.717, 1.165) is 25.7 Å². The summed E-state index contributed by atoms with van der Waals surface area (Å²) in [7, 11) is 0. The molecule has 0 aromatic heterocycles. The Morgan fingerprint density at radius 1 is 1.17 bits per heavy atom. The molecule has 6 nitrogen and oxygen atoms in total. The van der Waals surface area contributed by atoms with Crippen LogP contribution in [0.3, 0.4) is 0 Å². The molecule has 0 unspecified atom stereocenters. The first kappa shape index (κ1) is 20.0. The highest BCUT2D eigenvalue weighted by Gasteiger charge is 2.32. The molecule has 0 saturated carbocycles. The van der Waals surface area contributed by atoms with E-state index in [1.54, 1.807) is 0 Å². The predicted octanol–water partition coefficient (Wildman–Crippen LogP) is 2.22. The number of hydrogen-bond donors (Lipinski definition) is 1. The number of ether oxygens (including phenoxy) is 1. The molecule has 0 radical (unpaired) electrons. The van der Waals surface area contributed by atoms with E-state index in [9.17, 15) is 14.4 Å². The number of nitrogens with zero attached hydrogens (tertiary/aromatic N) is 1. The summed E-state index contributed by atoms with van der Waals surface area (Å²) in [4.78, 5) is 35.9. The van der Waals surface area contributed by atoms with Gasteiger partial charge in [-0.25, -0.2) is 0 Å². The Kier molecular flexibility index (Phi) is 8.31. The molecule has 0 spiro atoms. The standard InChI is InChI=1S/C18H27NO5/c1-3-4-5-6-7-15(20)19-12-10-18(2,11-13-19)14-24-17(23)9-8-16(21)22/h1H,4-14H2,2H3,(H,21,22). The molecule has 1 aliphatic heterocycles. The van der Waals surface area contributed by atoms with Gasteiger partial charge in [0.15, 0.2) is 0 Å². The van der Waals surface area contributed by atoms with Gasteiger partial charge in [-0.2, -0.15) is 0 Å². The number of carboxylic acids is 1. The second-order valence-electron chi connectivity index (χ2n) is 6.66. The molecule has 0 atom stereocenters. The van der Waals surface area contributed by atoms with Gasteiger partial charge in [0.25, 0.3) is 0 Å². The van der Waals surface area contributed by atoms with Gasteiger partial charge in [-0.05, 0) is 25.7 Å². The number of amides is 1. The minimum absolute atomic E-state index is 0.103. The average molecular weight is 337 g/mol. The quantitative estimate of drug-likeness (QED) is 0.396. The molecule has 0 aromatic carbocycles. The summed E-state index contributed by atoms with van der Waals surface area (Å²) in [5.74, 6) is 1.24. The van der Waals surface area contributed by atoms with Gasteiger partial charge in [-0.3, -0.25) is 14.4 Å². The third-order valence-corrected chi connectivity index (χ3v) is 4.41. The van der Waals surface area contributed by atoms with Crippen molar-refractivity contribution in [3.05, 3.63) is 0 Å². The highest BCUT2D eigenvalue weighted by atomic mass is 16.5. The van der Waals surface area contributed by atoms with Crippen molar-refractivity contribution in [1.29, 1.82) is 0 Å². The Morgan fingerprint density at radius 3 is 2.42 bits per heavy atom. The van der Waals surface area contributed by atoms with Crippen LogP contribution in [0.5, 0.6) is 0 Å². The third kappa shape index (κ3) is 7.49. The van der Waals surface area contributed by atoms with Gasteiger partial charge in [-0.15, -0.1) is 12.3 Å². The number of carbonyl (C=O) groups is 3. The average Bonchev–Trinajstić information content (AvgIpc) is 2.55. The van der Waals surface area contributed by atoms with E-state index in [4.69, 9.17) is 16.3 Å². The molecule has 0 aliphatic carbocycles. The zero-order chi connectivity index (χ0) is 18.0. The molecule has 1 heterocycles. The van der Waals surface area contributed by atoms with Crippen LogP contribution in [-0.2, 0) is 19.1 Å². The number of hydrogen-bond acceptors (Lipinski definition) is 4. The number of aliphatic carboxylic acids is 1. The van der Waals surface area contributed by atoms with E-state index < -0.39 is 11.9 Å². The normalized spacial score (nSPS) is 16.2.